The van der Waals surface area contributed by atoms with Crippen LogP contribution in [0.3, 0.4) is 0 Å². The van der Waals surface area contributed by atoms with E-state index in [-0.39, 0.29) is 24.5 Å². The van der Waals surface area contributed by atoms with Crippen LogP contribution in [-0.2, 0) is 16.0 Å². The van der Waals surface area contributed by atoms with Crippen molar-refractivity contribution in [3.05, 3.63) is 57.6 Å². The number of nitrogens with one attached hydrogen (secondary N) is 2. The first-order valence-corrected chi connectivity index (χ1v) is 8.98. The van der Waals surface area contributed by atoms with Crippen LogP contribution in [0.5, 0.6) is 5.75 Å². The topological polar surface area (TPSA) is 67.4 Å². The molecule has 1 atom stereocenters. The second-order valence-electron chi connectivity index (χ2n) is 6.11. The lowest BCUT2D eigenvalue weighted by atomic mass is 10.0. The SMILES string of the molecule is C[C@H](NC(=O)COc1ccc2c(c1)CCC(=O)N2)c1ccc(Cl)cc1Cl. The van der Waals surface area contributed by atoms with Crippen LogP contribution in [0, 0.1) is 0 Å². The van der Waals surface area contributed by atoms with E-state index in [1.807, 2.05) is 13.0 Å². The normalized spacial score (nSPS) is 14.2. The number of rotatable bonds is 5. The van der Waals surface area contributed by atoms with Gasteiger partial charge in [-0.25, -0.2) is 0 Å². The van der Waals surface area contributed by atoms with Crippen molar-refractivity contribution in [1.82, 2.24) is 5.32 Å². The minimum atomic E-state index is -0.269. The molecule has 0 fully saturated rings. The maximum Gasteiger partial charge on any atom is 0.258 e. The minimum absolute atomic E-state index is 0.0143. The molecule has 0 saturated carbocycles. The molecule has 136 valence electrons. The number of aryl methyl sites for hydroxylation is 1. The molecular formula is C19H18Cl2N2O3. The number of hydrogen-bond acceptors (Lipinski definition) is 3. The molecule has 1 aliphatic heterocycles. The van der Waals surface area contributed by atoms with E-state index in [4.69, 9.17) is 27.9 Å². The zero-order valence-electron chi connectivity index (χ0n) is 14.1. The van der Waals surface area contributed by atoms with E-state index in [0.717, 1.165) is 16.8 Å². The number of ether oxygens (including phenoxy) is 1. The zero-order chi connectivity index (χ0) is 18.7. The fourth-order valence-corrected chi connectivity index (χ4v) is 3.38. The molecule has 0 saturated heterocycles. The average Bonchev–Trinajstić information content (AvgIpc) is 2.59. The predicted octanol–water partition coefficient (Wildman–Crippen LogP) is 4.13. The summed E-state index contributed by atoms with van der Waals surface area (Å²) in [7, 11) is 0. The van der Waals surface area contributed by atoms with Gasteiger partial charge in [-0.1, -0.05) is 29.3 Å². The lowest BCUT2D eigenvalue weighted by molar-refractivity contribution is -0.123. The van der Waals surface area contributed by atoms with Gasteiger partial charge in [-0.05, 0) is 54.8 Å². The summed E-state index contributed by atoms with van der Waals surface area (Å²) in [4.78, 5) is 23.5. The Hall–Kier alpha value is -2.24. The molecule has 2 aromatic carbocycles. The van der Waals surface area contributed by atoms with Crippen molar-refractivity contribution in [3.8, 4) is 5.75 Å². The smallest absolute Gasteiger partial charge is 0.258 e. The van der Waals surface area contributed by atoms with Crippen LogP contribution in [0.25, 0.3) is 0 Å². The molecule has 2 N–H and O–H groups in total. The predicted molar refractivity (Wildman–Crippen MR) is 102 cm³/mol. The van der Waals surface area contributed by atoms with Crippen molar-refractivity contribution in [1.29, 1.82) is 0 Å². The van der Waals surface area contributed by atoms with E-state index in [1.165, 1.54) is 0 Å². The van der Waals surface area contributed by atoms with Crippen LogP contribution in [0.2, 0.25) is 10.0 Å². The third-order valence-electron chi connectivity index (χ3n) is 4.15. The summed E-state index contributed by atoms with van der Waals surface area (Å²) in [5.74, 6) is 0.349. The van der Waals surface area contributed by atoms with E-state index in [1.54, 1.807) is 30.3 Å². The number of carbonyl (C=O) groups is 2. The number of fused-ring (bicyclic) bond motifs is 1. The summed E-state index contributed by atoms with van der Waals surface area (Å²) >= 11 is 12.1. The molecule has 1 heterocycles. The van der Waals surface area contributed by atoms with Crippen molar-refractivity contribution in [3.63, 3.8) is 0 Å². The highest BCUT2D eigenvalue weighted by Gasteiger charge is 2.16. The number of amides is 2. The first kappa shape index (κ1) is 18.5. The molecule has 1 aliphatic rings. The molecule has 0 aliphatic carbocycles. The van der Waals surface area contributed by atoms with Crippen LogP contribution < -0.4 is 15.4 Å². The molecule has 26 heavy (non-hydrogen) atoms. The Bertz CT molecular complexity index is 855. The Kier molecular flexibility index (Phi) is 5.69. The second kappa shape index (κ2) is 7.98. The number of hydrogen-bond donors (Lipinski definition) is 2. The van der Waals surface area contributed by atoms with Crippen molar-refractivity contribution >= 4 is 40.7 Å². The van der Waals surface area contributed by atoms with Crippen molar-refractivity contribution in [2.75, 3.05) is 11.9 Å². The molecule has 0 unspecified atom stereocenters. The molecule has 3 rings (SSSR count). The molecule has 2 aromatic rings. The quantitative estimate of drug-likeness (QED) is 0.803. The fourth-order valence-electron chi connectivity index (χ4n) is 2.81. The summed E-state index contributed by atoms with van der Waals surface area (Å²) in [6.45, 7) is 1.73. The van der Waals surface area contributed by atoms with E-state index >= 15 is 0 Å². The van der Waals surface area contributed by atoms with Gasteiger partial charge in [0.1, 0.15) is 5.75 Å². The van der Waals surface area contributed by atoms with Gasteiger partial charge in [0.2, 0.25) is 5.91 Å². The Morgan fingerprint density at radius 1 is 1.23 bits per heavy atom. The van der Waals surface area contributed by atoms with Gasteiger partial charge in [0.05, 0.1) is 6.04 Å². The van der Waals surface area contributed by atoms with Crippen LogP contribution in [-0.4, -0.2) is 18.4 Å². The summed E-state index contributed by atoms with van der Waals surface area (Å²) in [5, 5.41) is 6.70. The molecule has 0 spiro atoms. The Morgan fingerprint density at radius 2 is 2.04 bits per heavy atom. The molecule has 2 amide bonds. The van der Waals surface area contributed by atoms with Crippen LogP contribution in [0.4, 0.5) is 5.69 Å². The zero-order valence-corrected chi connectivity index (χ0v) is 15.7. The average molecular weight is 393 g/mol. The van der Waals surface area contributed by atoms with Crippen molar-refractivity contribution in [2.45, 2.75) is 25.8 Å². The van der Waals surface area contributed by atoms with Crippen molar-refractivity contribution in [2.24, 2.45) is 0 Å². The van der Waals surface area contributed by atoms with E-state index in [9.17, 15) is 9.59 Å². The molecule has 5 nitrogen and oxygen atoms in total. The van der Waals surface area contributed by atoms with Crippen molar-refractivity contribution < 1.29 is 14.3 Å². The Labute approximate surface area is 161 Å². The maximum absolute atomic E-state index is 12.1. The van der Waals surface area contributed by atoms with Gasteiger partial charge in [0.25, 0.3) is 5.91 Å². The second-order valence-corrected chi connectivity index (χ2v) is 6.95. The van der Waals surface area contributed by atoms with Gasteiger partial charge in [0, 0.05) is 22.2 Å². The Balaban J connectivity index is 1.56. The summed E-state index contributed by atoms with van der Waals surface area (Å²) in [6, 6.07) is 10.3. The maximum atomic E-state index is 12.1. The van der Waals surface area contributed by atoms with Gasteiger partial charge in [0.15, 0.2) is 6.61 Å². The highest BCUT2D eigenvalue weighted by Crippen LogP contribution is 2.27. The first-order valence-electron chi connectivity index (χ1n) is 8.22. The van der Waals surface area contributed by atoms with Gasteiger partial charge in [-0.15, -0.1) is 0 Å². The third-order valence-corrected chi connectivity index (χ3v) is 4.71. The molecular weight excluding hydrogens is 375 g/mol. The van der Waals surface area contributed by atoms with Crippen LogP contribution in [0.15, 0.2) is 36.4 Å². The lowest BCUT2D eigenvalue weighted by Crippen LogP contribution is -2.31. The molecule has 7 heteroatoms. The van der Waals surface area contributed by atoms with Gasteiger partial charge >= 0.3 is 0 Å². The fraction of sp³-hybridized carbons (Fsp3) is 0.263. The summed E-state index contributed by atoms with van der Waals surface area (Å²) in [5.41, 5.74) is 2.59. The molecule has 0 bridgehead atoms. The van der Waals surface area contributed by atoms with Crippen LogP contribution >= 0.6 is 23.2 Å². The molecule has 0 aromatic heterocycles. The standard InChI is InChI=1S/C19H18Cl2N2O3/c1-11(15-5-3-13(20)9-16(15)21)22-19(25)10-26-14-4-6-17-12(8-14)2-7-18(24)23-17/h3-6,8-9,11H,2,7,10H2,1H3,(H,22,25)(H,23,24)/t11-/m0/s1. The summed E-state index contributed by atoms with van der Waals surface area (Å²) in [6.07, 6.45) is 1.12. The Morgan fingerprint density at radius 3 is 2.81 bits per heavy atom. The van der Waals surface area contributed by atoms with Gasteiger partial charge in [-0.3, -0.25) is 9.59 Å². The monoisotopic (exact) mass is 392 g/mol. The summed E-state index contributed by atoms with van der Waals surface area (Å²) < 4.78 is 5.57. The van der Waals surface area contributed by atoms with E-state index < -0.39 is 0 Å². The number of carbonyl (C=O) groups excluding carboxylic acids is 2. The van der Waals surface area contributed by atoms with Gasteiger partial charge in [-0.2, -0.15) is 0 Å². The minimum Gasteiger partial charge on any atom is -0.484 e. The third kappa shape index (κ3) is 4.48. The lowest BCUT2D eigenvalue weighted by Gasteiger charge is -2.18. The number of anilines is 1. The van der Waals surface area contributed by atoms with E-state index in [0.29, 0.717) is 28.6 Å². The van der Waals surface area contributed by atoms with Gasteiger partial charge < -0.3 is 15.4 Å². The molecule has 0 radical (unpaired) electrons. The number of benzene rings is 2. The highest BCUT2D eigenvalue weighted by molar-refractivity contribution is 6.35. The van der Waals surface area contributed by atoms with E-state index in [2.05, 4.69) is 10.6 Å². The number of halogens is 2. The highest BCUT2D eigenvalue weighted by atomic mass is 35.5. The largest absolute Gasteiger partial charge is 0.484 e. The first-order chi connectivity index (χ1) is 12.4. The van der Waals surface area contributed by atoms with Crippen LogP contribution in [0.1, 0.15) is 30.5 Å².